The number of rotatable bonds is 4. The maximum atomic E-state index is 13.7. The highest BCUT2D eigenvalue weighted by atomic mass is 32.2. The number of benzene rings is 2. The van der Waals surface area contributed by atoms with Gasteiger partial charge in [0, 0.05) is 26.3 Å². The van der Waals surface area contributed by atoms with Crippen molar-refractivity contribution in [2.45, 2.75) is 37.5 Å². The molecule has 0 aromatic heterocycles. The van der Waals surface area contributed by atoms with Crippen molar-refractivity contribution in [1.29, 1.82) is 0 Å². The molecule has 0 radical (unpaired) electrons. The molecule has 1 spiro atoms. The van der Waals surface area contributed by atoms with E-state index in [9.17, 15) is 18.0 Å². The third kappa shape index (κ3) is 3.25. The molecule has 7 nitrogen and oxygen atoms in total. The third-order valence-corrected chi connectivity index (χ3v) is 7.91. The van der Waals surface area contributed by atoms with Crippen molar-refractivity contribution in [3.8, 4) is 0 Å². The Morgan fingerprint density at radius 2 is 1.56 bits per heavy atom. The molecule has 0 N–H and O–H groups in total. The SMILES string of the molecule is C=C[C@@H]1CN(S(=O)(=O)c2ccc(C)cc2)[C@@H](c2ccccc2)C12C(=O)OC(C)(C)OC2=O. The minimum atomic E-state index is -4.08. The summed E-state index contributed by atoms with van der Waals surface area (Å²) in [5, 5.41) is 0. The first kappa shape index (κ1) is 22.2. The topological polar surface area (TPSA) is 90.0 Å². The molecule has 2 atom stereocenters. The summed E-state index contributed by atoms with van der Waals surface area (Å²) >= 11 is 0. The Morgan fingerprint density at radius 1 is 1.00 bits per heavy atom. The summed E-state index contributed by atoms with van der Waals surface area (Å²) in [4.78, 5) is 27.0. The van der Waals surface area contributed by atoms with Crippen LogP contribution in [0.4, 0.5) is 0 Å². The van der Waals surface area contributed by atoms with Crippen LogP contribution in [0.3, 0.4) is 0 Å². The standard InChI is InChI=1S/C24H25NO6S/c1-5-18-15-25(32(28,29)19-13-11-16(2)12-14-19)20(17-9-7-6-8-10-17)24(18)21(26)30-23(3,4)31-22(24)27/h5-14,18,20H,1,15H2,2-4H3/t18-,20+/m1/s1. The summed E-state index contributed by atoms with van der Waals surface area (Å²) in [6.45, 7) is 8.46. The number of carbonyl (C=O) groups is 2. The van der Waals surface area contributed by atoms with Gasteiger partial charge >= 0.3 is 11.9 Å². The van der Waals surface area contributed by atoms with Crippen LogP contribution in [0.15, 0.2) is 72.1 Å². The van der Waals surface area contributed by atoms with Gasteiger partial charge in [-0.3, -0.25) is 9.59 Å². The largest absolute Gasteiger partial charge is 0.422 e. The van der Waals surface area contributed by atoms with Crippen LogP contribution in [0.25, 0.3) is 0 Å². The number of carbonyl (C=O) groups excluding carboxylic acids is 2. The normalized spacial score (nSPS) is 24.7. The molecule has 2 fully saturated rings. The molecule has 2 aromatic carbocycles. The Balaban J connectivity index is 1.95. The van der Waals surface area contributed by atoms with E-state index in [2.05, 4.69) is 6.58 Å². The molecule has 2 aliphatic rings. The van der Waals surface area contributed by atoms with E-state index in [1.165, 1.54) is 36.4 Å². The van der Waals surface area contributed by atoms with Gasteiger partial charge in [0.15, 0.2) is 5.41 Å². The van der Waals surface area contributed by atoms with Crippen molar-refractivity contribution in [2.75, 3.05) is 6.54 Å². The predicted octanol–water partition coefficient (Wildman–Crippen LogP) is 3.37. The predicted molar refractivity (Wildman–Crippen MR) is 117 cm³/mol. The van der Waals surface area contributed by atoms with Crippen LogP contribution < -0.4 is 0 Å². The number of cyclic esters (lactones) is 2. The lowest BCUT2D eigenvalue weighted by atomic mass is 9.70. The molecule has 0 amide bonds. The quantitative estimate of drug-likeness (QED) is 0.399. The van der Waals surface area contributed by atoms with Gasteiger partial charge in [0.2, 0.25) is 10.0 Å². The smallest absolute Gasteiger partial charge is 0.329 e. The van der Waals surface area contributed by atoms with E-state index in [1.54, 1.807) is 42.5 Å². The minimum Gasteiger partial charge on any atom is -0.422 e. The average Bonchev–Trinajstić information content (AvgIpc) is 3.10. The lowest BCUT2D eigenvalue weighted by molar-refractivity contribution is -0.254. The molecule has 0 saturated carbocycles. The number of hydrogen-bond donors (Lipinski definition) is 0. The number of aryl methyl sites for hydroxylation is 1. The molecule has 2 saturated heterocycles. The number of esters is 2. The number of ether oxygens (including phenoxy) is 2. The van der Waals surface area contributed by atoms with Crippen molar-refractivity contribution < 1.29 is 27.5 Å². The molecule has 168 valence electrons. The van der Waals surface area contributed by atoms with Crippen molar-refractivity contribution in [2.24, 2.45) is 11.3 Å². The van der Waals surface area contributed by atoms with E-state index in [0.29, 0.717) is 5.56 Å². The molecule has 4 rings (SSSR count). The Bertz CT molecular complexity index is 1150. The van der Waals surface area contributed by atoms with Gasteiger partial charge in [-0.15, -0.1) is 6.58 Å². The monoisotopic (exact) mass is 455 g/mol. The first-order valence-electron chi connectivity index (χ1n) is 10.3. The van der Waals surface area contributed by atoms with Crippen molar-refractivity contribution >= 4 is 22.0 Å². The second kappa shape index (κ2) is 7.56. The van der Waals surface area contributed by atoms with Crippen LogP contribution in [-0.4, -0.2) is 37.0 Å². The van der Waals surface area contributed by atoms with Crippen molar-refractivity contribution in [3.63, 3.8) is 0 Å². The van der Waals surface area contributed by atoms with E-state index in [-0.39, 0.29) is 11.4 Å². The van der Waals surface area contributed by atoms with Gasteiger partial charge in [-0.05, 0) is 24.6 Å². The van der Waals surface area contributed by atoms with Gasteiger partial charge in [-0.1, -0.05) is 54.1 Å². The van der Waals surface area contributed by atoms with Crippen molar-refractivity contribution in [1.82, 2.24) is 4.31 Å². The van der Waals surface area contributed by atoms with Crippen LogP contribution in [0.1, 0.15) is 31.0 Å². The van der Waals surface area contributed by atoms with Crippen molar-refractivity contribution in [3.05, 3.63) is 78.4 Å². The van der Waals surface area contributed by atoms with Crippen LogP contribution >= 0.6 is 0 Å². The maximum Gasteiger partial charge on any atom is 0.329 e. The number of nitrogens with zero attached hydrogens (tertiary/aromatic N) is 1. The van der Waals surface area contributed by atoms with E-state index < -0.39 is 45.1 Å². The number of sulfonamides is 1. The first-order valence-corrected chi connectivity index (χ1v) is 11.7. The highest BCUT2D eigenvalue weighted by Gasteiger charge is 2.71. The fourth-order valence-corrected chi connectivity index (χ4v) is 6.20. The zero-order chi connectivity index (χ0) is 23.3. The third-order valence-electron chi connectivity index (χ3n) is 6.06. The van der Waals surface area contributed by atoms with Gasteiger partial charge in [-0.2, -0.15) is 4.31 Å². The summed E-state index contributed by atoms with van der Waals surface area (Å²) < 4.78 is 39.7. The van der Waals surface area contributed by atoms with Crippen LogP contribution in [0.5, 0.6) is 0 Å². The molecule has 0 aliphatic carbocycles. The summed E-state index contributed by atoms with van der Waals surface area (Å²) in [6.07, 6.45) is 1.43. The fraction of sp³-hybridized carbons (Fsp3) is 0.333. The average molecular weight is 456 g/mol. The van der Waals surface area contributed by atoms with Gasteiger partial charge in [0.25, 0.3) is 5.79 Å². The lowest BCUT2D eigenvalue weighted by Crippen LogP contribution is -2.58. The summed E-state index contributed by atoms with van der Waals surface area (Å²) in [5.41, 5.74) is -0.510. The van der Waals surface area contributed by atoms with Crippen LogP contribution in [-0.2, 0) is 29.1 Å². The van der Waals surface area contributed by atoms with Crippen LogP contribution in [0, 0.1) is 18.3 Å². The molecular weight excluding hydrogens is 430 g/mol. The van der Waals surface area contributed by atoms with E-state index in [0.717, 1.165) is 5.56 Å². The highest BCUT2D eigenvalue weighted by molar-refractivity contribution is 7.89. The Morgan fingerprint density at radius 3 is 2.09 bits per heavy atom. The zero-order valence-corrected chi connectivity index (χ0v) is 19.0. The van der Waals surface area contributed by atoms with Gasteiger partial charge in [-0.25, -0.2) is 8.42 Å². The van der Waals surface area contributed by atoms with E-state index in [1.807, 2.05) is 6.92 Å². The molecule has 0 bridgehead atoms. The Labute approximate surface area is 187 Å². The zero-order valence-electron chi connectivity index (χ0n) is 18.1. The molecule has 2 aliphatic heterocycles. The van der Waals surface area contributed by atoms with Crippen LogP contribution in [0.2, 0.25) is 0 Å². The fourth-order valence-electron chi connectivity index (χ4n) is 4.53. The second-order valence-electron chi connectivity index (χ2n) is 8.59. The second-order valence-corrected chi connectivity index (χ2v) is 10.5. The van der Waals surface area contributed by atoms with Gasteiger partial charge in [0.1, 0.15) is 0 Å². The Kier molecular flexibility index (Phi) is 5.26. The molecule has 2 heterocycles. The van der Waals surface area contributed by atoms with Gasteiger partial charge in [0.05, 0.1) is 10.9 Å². The Hall–Kier alpha value is -2.97. The molecule has 2 aromatic rings. The molecular formula is C24H25NO6S. The molecule has 8 heteroatoms. The molecule has 0 unspecified atom stereocenters. The van der Waals surface area contributed by atoms with E-state index in [4.69, 9.17) is 9.47 Å². The number of hydrogen-bond acceptors (Lipinski definition) is 6. The van der Waals surface area contributed by atoms with E-state index >= 15 is 0 Å². The minimum absolute atomic E-state index is 0.0711. The lowest BCUT2D eigenvalue weighted by Gasteiger charge is -2.43. The summed E-state index contributed by atoms with van der Waals surface area (Å²) in [7, 11) is -4.08. The maximum absolute atomic E-state index is 13.7. The molecule has 32 heavy (non-hydrogen) atoms. The highest BCUT2D eigenvalue weighted by Crippen LogP contribution is 2.56. The summed E-state index contributed by atoms with van der Waals surface area (Å²) in [5.74, 6) is -3.93. The summed E-state index contributed by atoms with van der Waals surface area (Å²) in [6, 6.07) is 13.9. The van der Waals surface area contributed by atoms with Gasteiger partial charge < -0.3 is 9.47 Å². The first-order chi connectivity index (χ1) is 15.0.